The van der Waals surface area contributed by atoms with Crippen molar-refractivity contribution in [1.82, 2.24) is 19.8 Å². The van der Waals surface area contributed by atoms with Crippen LogP contribution in [0.3, 0.4) is 0 Å². The number of carbonyl (C=O) groups is 2. The number of amides is 2. The van der Waals surface area contributed by atoms with E-state index >= 15 is 0 Å². The monoisotopic (exact) mass is 455 g/mol. The van der Waals surface area contributed by atoms with Crippen molar-refractivity contribution < 1.29 is 24.5 Å². The Kier molecular flexibility index (Phi) is 6.93. The molecule has 4 heterocycles. The zero-order chi connectivity index (χ0) is 23.4. The fourth-order valence-corrected chi connectivity index (χ4v) is 4.34. The zero-order valence-electron chi connectivity index (χ0n) is 18.6. The highest BCUT2D eigenvalue weighted by Gasteiger charge is 2.36. The number of aliphatic carboxylic acids is 1. The number of fused-ring (bicyclic) bond motifs is 1. The number of nitrogens with zero attached hydrogens (tertiary/aromatic N) is 4. The Morgan fingerprint density at radius 3 is 2.85 bits per heavy atom. The molecule has 10 heteroatoms. The van der Waals surface area contributed by atoms with Crippen LogP contribution in [0.25, 0.3) is 0 Å². The van der Waals surface area contributed by atoms with Gasteiger partial charge in [0, 0.05) is 38.4 Å². The molecule has 10 nitrogen and oxygen atoms in total. The first-order valence-electron chi connectivity index (χ1n) is 11.2. The number of carboxylic acid groups (broad SMARTS) is 1. The van der Waals surface area contributed by atoms with Gasteiger partial charge < -0.3 is 30.1 Å². The number of hydrogen-bond donors (Lipinski definition) is 3. The highest BCUT2D eigenvalue weighted by atomic mass is 16.5. The minimum absolute atomic E-state index is 0.220. The molecule has 0 aromatic carbocycles. The smallest absolute Gasteiger partial charge is 0.320 e. The number of methoxy groups -OCH3 is 1. The van der Waals surface area contributed by atoms with E-state index in [1.807, 2.05) is 12.1 Å². The predicted octanol–water partition coefficient (Wildman–Crippen LogP) is 2.22. The first-order valence-corrected chi connectivity index (χ1v) is 11.2. The van der Waals surface area contributed by atoms with E-state index in [9.17, 15) is 19.8 Å². The van der Waals surface area contributed by atoms with Gasteiger partial charge in [0.15, 0.2) is 0 Å². The molecule has 2 atom stereocenters. The number of pyridine rings is 2. The van der Waals surface area contributed by atoms with Crippen LogP contribution in [0.2, 0.25) is 0 Å². The summed E-state index contributed by atoms with van der Waals surface area (Å²) < 4.78 is 5.07. The Labute approximate surface area is 192 Å². The molecule has 1 saturated heterocycles. The molecule has 2 aliphatic rings. The quantitative estimate of drug-likeness (QED) is 0.525. The number of aliphatic hydroxyl groups is 1. The molecule has 0 saturated carbocycles. The largest absolute Gasteiger partial charge is 0.481 e. The van der Waals surface area contributed by atoms with Gasteiger partial charge in [0.25, 0.3) is 0 Å². The maximum Gasteiger partial charge on any atom is 0.320 e. The van der Waals surface area contributed by atoms with Gasteiger partial charge in [-0.05, 0) is 36.5 Å². The second kappa shape index (κ2) is 10.0. The number of aromatic nitrogens is 2. The lowest BCUT2D eigenvalue weighted by molar-refractivity contribution is -0.138. The SMILES string of the molecule is COc1ccc([C@H](CC(=O)O)N2CCN(CC[C@H](O)c3ccc4c(n3)NCCC4)C2=O)cn1. The third-order valence-electron chi connectivity index (χ3n) is 6.15. The van der Waals surface area contributed by atoms with Crippen molar-refractivity contribution in [3.05, 3.63) is 47.3 Å². The molecule has 3 N–H and O–H groups in total. The number of ether oxygens (including phenoxy) is 1. The fraction of sp³-hybridized carbons (Fsp3) is 0.478. The Balaban J connectivity index is 1.40. The van der Waals surface area contributed by atoms with Crippen molar-refractivity contribution in [1.29, 1.82) is 0 Å². The van der Waals surface area contributed by atoms with Crippen LogP contribution in [0, 0.1) is 0 Å². The summed E-state index contributed by atoms with van der Waals surface area (Å²) in [5.74, 6) is 0.248. The number of aliphatic hydroxyl groups excluding tert-OH is 1. The summed E-state index contributed by atoms with van der Waals surface area (Å²) in [7, 11) is 1.50. The average Bonchev–Trinajstić information content (AvgIpc) is 3.20. The molecule has 0 spiro atoms. The number of aryl methyl sites for hydroxylation is 1. The van der Waals surface area contributed by atoms with Crippen LogP contribution in [-0.4, -0.2) is 75.3 Å². The Hall–Kier alpha value is -3.40. The number of carbonyl (C=O) groups excluding carboxylic acids is 1. The predicted molar refractivity (Wildman–Crippen MR) is 120 cm³/mol. The third kappa shape index (κ3) is 5.16. The number of anilines is 1. The molecule has 2 amide bonds. The van der Waals surface area contributed by atoms with Gasteiger partial charge in [-0.25, -0.2) is 14.8 Å². The van der Waals surface area contributed by atoms with Gasteiger partial charge >= 0.3 is 12.0 Å². The molecular formula is C23H29N5O5. The lowest BCUT2D eigenvalue weighted by atomic mass is 10.0. The molecule has 2 aromatic heterocycles. The van der Waals surface area contributed by atoms with Gasteiger partial charge in [-0.3, -0.25) is 4.79 Å². The van der Waals surface area contributed by atoms with Crippen molar-refractivity contribution in [2.24, 2.45) is 0 Å². The van der Waals surface area contributed by atoms with Crippen LogP contribution in [0.15, 0.2) is 30.5 Å². The molecule has 0 radical (unpaired) electrons. The Bertz CT molecular complexity index is 999. The Morgan fingerprint density at radius 1 is 1.27 bits per heavy atom. The lowest BCUT2D eigenvalue weighted by Crippen LogP contribution is -2.36. The van der Waals surface area contributed by atoms with Crippen LogP contribution in [0.4, 0.5) is 10.6 Å². The van der Waals surface area contributed by atoms with Gasteiger partial charge in [-0.1, -0.05) is 12.1 Å². The summed E-state index contributed by atoms with van der Waals surface area (Å²) in [5.41, 5.74) is 2.37. The molecule has 2 aliphatic heterocycles. The van der Waals surface area contributed by atoms with Crippen molar-refractivity contribution >= 4 is 17.8 Å². The average molecular weight is 456 g/mol. The molecule has 0 aliphatic carbocycles. The summed E-state index contributed by atoms with van der Waals surface area (Å²) in [5, 5.41) is 23.3. The zero-order valence-corrected chi connectivity index (χ0v) is 18.6. The summed E-state index contributed by atoms with van der Waals surface area (Å²) in [6.07, 6.45) is 2.93. The molecule has 0 bridgehead atoms. The highest BCUT2D eigenvalue weighted by molar-refractivity contribution is 5.78. The van der Waals surface area contributed by atoms with E-state index in [1.165, 1.54) is 7.11 Å². The third-order valence-corrected chi connectivity index (χ3v) is 6.15. The number of rotatable bonds is 9. The molecule has 4 rings (SSSR count). The van der Waals surface area contributed by atoms with Crippen molar-refractivity contribution in [2.45, 2.75) is 37.8 Å². The van der Waals surface area contributed by atoms with E-state index in [4.69, 9.17) is 4.74 Å². The minimum atomic E-state index is -0.996. The number of nitrogens with one attached hydrogen (secondary N) is 1. The highest BCUT2D eigenvalue weighted by Crippen LogP contribution is 2.30. The summed E-state index contributed by atoms with van der Waals surface area (Å²) in [4.78, 5) is 36.5. The van der Waals surface area contributed by atoms with E-state index in [2.05, 4.69) is 15.3 Å². The van der Waals surface area contributed by atoms with Gasteiger partial charge in [0.1, 0.15) is 5.82 Å². The van der Waals surface area contributed by atoms with Crippen LogP contribution >= 0.6 is 0 Å². The Morgan fingerprint density at radius 2 is 2.12 bits per heavy atom. The number of hydrogen-bond acceptors (Lipinski definition) is 7. The standard InChI is InChI=1S/C23H29N5O5/c1-33-20-7-5-16(14-25-20)18(13-21(30)31)28-12-11-27(23(28)32)10-8-19(29)17-6-4-15-3-2-9-24-22(15)26-17/h4-7,14,18-19,29H,2-3,8-13H2,1H3,(H,24,26)(H,30,31)/t18-,19-/m0/s1. The van der Waals surface area contributed by atoms with Crippen molar-refractivity contribution in [2.75, 3.05) is 38.6 Å². The van der Waals surface area contributed by atoms with Crippen LogP contribution in [-0.2, 0) is 11.2 Å². The minimum Gasteiger partial charge on any atom is -0.481 e. The van der Waals surface area contributed by atoms with Gasteiger partial charge in [0.2, 0.25) is 5.88 Å². The van der Waals surface area contributed by atoms with Gasteiger partial charge in [-0.2, -0.15) is 0 Å². The second-order valence-corrected chi connectivity index (χ2v) is 8.29. The molecule has 0 unspecified atom stereocenters. The first-order chi connectivity index (χ1) is 16.0. The normalized spacial score (nSPS) is 17.3. The topological polar surface area (TPSA) is 128 Å². The van der Waals surface area contributed by atoms with Gasteiger partial charge in [-0.15, -0.1) is 0 Å². The summed E-state index contributed by atoms with van der Waals surface area (Å²) in [6, 6.07) is 6.35. The number of urea groups is 1. The van der Waals surface area contributed by atoms with E-state index in [1.54, 1.807) is 28.1 Å². The van der Waals surface area contributed by atoms with Crippen molar-refractivity contribution in [3.8, 4) is 5.88 Å². The van der Waals surface area contributed by atoms with Crippen molar-refractivity contribution in [3.63, 3.8) is 0 Å². The number of carboxylic acids is 1. The summed E-state index contributed by atoms with van der Waals surface area (Å²) in [6.45, 7) is 2.09. The van der Waals surface area contributed by atoms with E-state index in [0.717, 1.165) is 30.8 Å². The van der Waals surface area contributed by atoms with E-state index in [0.29, 0.717) is 43.2 Å². The van der Waals surface area contributed by atoms with Crippen LogP contribution in [0.5, 0.6) is 5.88 Å². The molecular weight excluding hydrogens is 426 g/mol. The first kappa shape index (κ1) is 22.8. The van der Waals surface area contributed by atoms with Gasteiger partial charge in [0.05, 0.1) is 31.4 Å². The second-order valence-electron chi connectivity index (χ2n) is 8.29. The van der Waals surface area contributed by atoms with Crippen LogP contribution in [0.1, 0.15) is 48.2 Å². The molecule has 176 valence electrons. The van der Waals surface area contributed by atoms with Crippen LogP contribution < -0.4 is 10.1 Å². The van der Waals surface area contributed by atoms with E-state index in [-0.39, 0.29) is 12.5 Å². The van der Waals surface area contributed by atoms with E-state index < -0.39 is 18.1 Å². The maximum atomic E-state index is 13.1. The summed E-state index contributed by atoms with van der Waals surface area (Å²) >= 11 is 0. The molecule has 33 heavy (non-hydrogen) atoms. The molecule has 2 aromatic rings. The molecule has 1 fully saturated rings. The lowest BCUT2D eigenvalue weighted by Gasteiger charge is -2.27. The maximum absolute atomic E-state index is 13.1. The fourth-order valence-electron chi connectivity index (χ4n) is 4.34.